The maximum Gasteiger partial charge on any atom is 0.316 e. The lowest BCUT2D eigenvalue weighted by atomic mass is 9.73. The topological polar surface area (TPSA) is 81.2 Å². The first-order valence-electron chi connectivity index (χ1n) is 11.5. The molecule has 1 aromatic heterocycles. The van der Waals surface area contributed by atoms with Crippen molar-refractivity contribution in [3.8, 4) is 5.88 Å². The minimum absolute atomic E-state index is 0.0250. The Morgan fingerprint density at radius 3 is 2.29 bits per heavy atom. The van der Waals surface area contributed by atoms with E-state index < -0.39 is 17.3 Å². The van der Waals surface area contributed by atoms with Gasteiger partial charge in [0, 0.05) is 18.1 Å². The number of aryl methyl sites for hydroxylation is 2. The van der Waals surface area contributed by atoms with E-state index in [0.29, 0.717) is 12.8 Å². The second-order valence-corrected chi connectivity index (χ2v) is 9.24. The highest BCUT2D eigenvalue weighted by Gasteiger charge is 2.49. The van der Waals surface area contributed by atoms with Crippen molar-refractivity contribution in [1.29, 1.82) is 0 Å². The normalized spacial score (nSPS) is 19.5. The van der Waals surface area contributed by atoms with Gasteiger partial charge < -0.3 is 10.1 Å². The lowest BCUT2D eigenvalue weighted by Gasteiger charge is -2.33. The largest absolute Gasteiger partial charge is 0.406 e. The summed E-state index contributed by atoms with van der Waals surface area (Å²) in [5.74, 6) is -0.822. The molecule has 1 atom stereocenters. The van der Waals surface area contributed by atoms with Crippen molar-refractivity contribution in [2.24, 2.45) is 11.3 Å². The average molecular weight is 420 g/mol. The third-order valence-electron chi connectivity index (χ3n) is 7.59. The van der Waals surface area contributed by atoms with Gasteiger partial charge in [-0.15, -0.1) is 0 Å². The van der Waals surface area contributed by atoms with Gasteiger partial charge >= 0.3 is 5.97 Å². The van der Waals surface area contributed by atoms with Crippen molar-refractivity contribution in [3.05, 3.63) is 46.9 Å². The quantitative estimate of drug-likeness (QED) is 0.735. The van der Waals surface area contributed by atoms with Crippen LogP contribution in [0.5, 0.6) is 5.88 Å². The fourth-order valence-corrected chi connectivity index (χ4v) is 5.82. The Morgan fingerprint density at radius 2 is 1.68 bits per heavy atom. The first-order valence-corrected chi connectivity index (χ1v) is 11.5. The standard InChI is InChI=1S/C25H29N3O3/c1-16(23(29)31-21-15-26-12-13-27-21)25(10-2-3-11-25)24(30)28-22-19-8-4-6-17(19)14-18-7-5-9-20(18)22/h12-16H,2-11H2,1H3,(H,28,30)/t16-/m0/s1. The zero-order valence-electron chi connectivity index (χ0n) is 18.1. The Kier molecular flexibility index (Phi) is 5.24. The van der Waals surface area contributed by atoms with Crippen LogP contribution < -0.4 is 10.1 Å². The Morgan fingerprint density at radius 1 is 1.00 bits per heavy atom. The first-order chi connectivity index (χ1) is 15.1. The summed E-state index contributed by atoms with van der Waals surface area (Å²) in [6, 6.07) is 2.37. The van der Waals surface area contributed by atoms with Crippen LogP contribution in [0.3, 0.4) is 0 Å². The molecule has 5 rings (SSSR count). The number of carbonyl (C=O) groups is 2. The molecule has 1 saturated carbocycles. The fourth-order valence-electron chi connectivity index (χ4n) is 5.82. The van der Waals surface area contributed by atoms with Crippen LogP contribution in [0, 0.1) is 11.3 Å². The van der Waals surface area contributed by atoms with Crippen molar-refractivity contribution < 1.29 is 14.3 Å². The molecule has 3 aliphatic carbocycles. The van der Waals surface area contributed by atoms with Gasteiger partial charge in [0.05, 0.1) is 17.5 Å². The highest BCUT2D eigenvalue weighted by Crippen LogP contribution is 2.47. The van der Waals surface area contributed by atoms with Crippen LogP contribution in [0.1, 0.15) is 67.7 Å². The van der Waals surface area contributed by atoms with E-state index in [1.54, 1.807) is 0 Å². The summed E-state index contributed by atoms with van der Waals surface area (Å²) < 4.78 is 5.47. The molecule has 162 valence electrons. The summed E-state index contributed by atoms with van der Waals surface area (Å²) in [4.78, 5) is 34.7. The summed E-state index contributed by atoms with van der Waals surface area (Å²) in [5, 5.41) is 3.35. The van der Waals surface area contributed by atoms with Gasteiger partial charge in [-0.2, -0.15) is 0 Å². The number of nitrogens with one attached hydrogen (secondary N) is 1. The number of carbonyl (C=O) groups excluding carboxylic acids is 2. The molecule has 0 saturated heterocycles. The van der Waals surface area contributed by atoms with E-state index in [4.69, 9.17) is 4.74 Å². The number of esters is 1. The molecular formula is C25H29N3O3. The molecule has 3 aliphatic rings. The smallest absolute Gasteiger partial charge is 0.316 e. The highest BCUT2D eigenvalue weighted by atomic mass is 16.5. The molecule has 6 nitrogen and oxygen atoms in total. The molecule has 0 radical (unpaired) electrons. The molecule has 6 heteroatoms. The number of hydrogen-bond donors (Lipinski definition) is 1. The Labute approximate surface area is 182 Å². The van der Waals surface area contributed by atoms with E-state index in [1.807, 2.05) is 6.92 Å². The fraction of sp³-hybridized carbons (Fsp3) is 0.520. The van der Waals surface area contributed by atoms with Gasteiger partial charge in [-0.1, -0.05) is 25.8 Å². The summed E-state index contributed by atoms with van der Waals surface area (Å²) in [6.45, 7) is 1.82. The molecule has 0 bridgehead atoms. The predicted octanol–water partition coefficient (Wildman–Crippen LogP) is 4.19. The minimum Gasteiger partial charge on any atom is -0.406 e. The zero-order chi connectivity index (χ0) is 21.4. The molecule has 2 aromatic rings. The maximum atomic E-state index is 13.8. The van der Waals surface area contributed by atoms with Gasteiger partial charge in [0.2, 0.25) is 11.8 Å². The number of aromatic nitrogens is 2. The highest BCUT2D eigenvalue weighted by molar-refractivity contribution is 6.00. The molecule has 0 aliphatic heterocycles. The Bertz CT molecular complexity index is 980. The molecule has 1 fully saturated rings. The number of hydrogen-bond acceptors (Lipinski definition) is 5. The number of anilines is 1. The van der Waals surface area contributed by atoms with Crippen molar-refractivity contribution in [3.63, 3.8) is 0 Å². The number of nitrogens with zero attached hydrogens (tertiary/aromatic N) is 2. The van der Waals surface area contributed by atoms with E-state index >= 15 is 0 Å². The van der Waals surface area contributed by atoms with Crippen molar-refractivity contribution in [1.82, 2.24) is 9.97 Å². The second-order valence-electron chi connectivity index (χ2n) is 9.24. The van der Waals surface area contributed by atoms with Gasteiger partial charge in [-0.25, -0.2) is 4.98 Å². The maximum absolute atomic E-state index is 13.8. The molecule has 31 heavy (non-hydrogen) atoms. The summed E-state index contributed by atoms with van der Waals surface area (Å²) in [5.41, 5.74) is 5.73. The molecule has 1 aromatic carbocycles. The van der Waals surface area contributed by atoms with E-state index in [1.165, 1.54) is 40.8 Å². The predicted molar refractivity (Wildman–Crippen MR) is 117 cm³/mol. The van der Waals surface area contributed by atoms with E-state index in [0.717, 1.165) is 57.1 Å². The average Bonchev–Trinajstić information content (AvgIpc) is 3.54. The molecule has 0 spiro atoms. The lowest BCUT2D eigenvalue weighted by Crippen LogP contribution is -2.44. The number of ether oxygens (including phenoxy) is 1. The van der Waals surface area contributed by atoms with E-state index in [-0.39, 0.29) is 11.8 Å². The molecule has 1 heterocycles. The van der Waals surface area contributed by atoms with E-state index in [2.05, 4.69) is 21.4 Å². The van der Waals surface area contributed by atoms with Crippen molar-refractivity contribution >= 4 is 17.6 Å². The monoisotopic (exact) mass is 419 g/mol. The molecular weight excluding hydrogens is 390 g/mol. The molecule has 0 unspecified atom stereocenters. The SMILES string of the molecule is C[C@@H](C(=O)Oc1cnccn1)C1(C(=O)Nc2c3c(cc4c2CCC4)CCC3)CCCC1. The van der Waals surface area contributed by atoms with Crippen molar-refractivity contribution in [2.75, 3.05) is 5.32 Å². The summed E-state index contributed by atoms with van der Waals surface area (Å²) in [6.07, 6.45) is 14.3. The zero-order valence-corrected chi connectivity index (χ0v) is 18.1. The number of amides is 1. The van der Waals surface area contributed by atoms with Crippen LogP contribution in [-0.2, 0) is 35.3 Å². The van der Waals surface area contributed by atoms with Gasteiger partial charge in [0.25, 0.3) is 0 Å². The number of benzene rings is 1. The van der Waals surface area contributed by atoms with E-state index in [9.17, 15) is 9.59 Å². The van der Waals surface area contributed by atoms with Crippen LogP contribution in [0.4, 0.5) is 5.69 Å². The van der Waals surface area contributed by atoms with Crippen LogP contribution in [0.15, 0.2) is 24.7 Å². The van der Waals surface area contributed by atoms with Crippen LogP contribution in [-0.4, -0.2) is 21.8 Å². The minimum atomic E-state index is -0.744. The molecule has 1 N–H and O–H groups in total. The van der Waals surface area contributed by atoms with Gasteiger partial charge in [-0.3, -0.25) is 14.6 Å². The van der Waals surface area contributed by atoms with Gasteiger partial charge in [0.1, 0.15) is 0 Å². The third-order valence-corrected chi connectivity index (χ3v) is 7.59. The third kappa shape index (κ3) is 3.52. The number of rotatable bonds is 5. The Hall–Kier alpha value is -2.76. The molecule has 1 amide bonds. The Balaban J connectivity index is 1.42. The van der Waals surface area contributed by atoms with Crippen LogP contribution in [0.2, 0.25) is 0 Å². The van der Waals surface area contributed by atoms with Gasteiger partial charge in [0.15, 0.2) is 0 Å². The summed E-state index contributed by atoms with van der Waals surface area (Å²) >= 11 is 0. The lowest BCUT2D eigenvalue weighted by molar-refractivity contribution is -0.148. The van der Waals surface area contributed by atoms with Gasteiger partial charge in [-0.05, 0) is 73.6 Å². The van der Waals surface area contributed by atoms with Crippen molar-refractivity contribution in [2.45, 2.75) is 71.1 Å². The number of fused-ring (bicyclic) bond motifs is 2. The second kappa shape index (κ2) is 8.06. The van der Waals surface area contributed by atoms with Crippen LogP contribution >= 0.6 is 0 Å². The first kappa shape index (κ1) is 20.2. The van der Waals surface area contributed by atoms with Crippen LogP contribution in [0.25, 0.3) is 0 Å². The summed E-state index contributed by atoms with van der Waals surface area (Å²) in [7, 11) is 0.